The maximum atomic E-state index is 13.4. The SMILES string of the molecule is CC[C@@H](N)C(=O)N1CC(c2cccc(F)c2)OCC1(C)C. The van der Waals surface area contributed by atoms with Crippen LogP contribution in [-0.2, 0) is 9.53 Å². The lowest BCUT2D eigenvalue weighted by molar-refractivity contribution is -0.156. The Morgan fingerprint density at radius 1 is 1.57 bits per heavy atom. The van der Waals surface area contributed by atoms with Gasteiger partial charge in [0, 0.05) is 0 Å². The second kappa shape index (κ2) is 6.12. The standard InChI is InChI=1S/C16H23FN2O2/c1-4-13(18)15(20)19-9-14(21-10-16(19,2)3)11-6-5-7-12(17)8-11/h5-8,13-14H,4,9-10,18H2,1-3H3/t13-,14?/m1/s1. The van der Waals surface area contributed by atoms with E-state index in [4.69, 9.17) is 10.5 Å². The summed E-state index contributed by atoms with van der Waals surface area (Å²) in [6, 6.07) is 5.81. The fourth-order valence-corrected chi connectivity index (χ4v) is 2.52. The Morgan fingerprint density at radius 2 is 2.29 bits per heavy atom. The van der Waals surface area contributed by atoms with Crippen molar-refractivity contribution in [1.29, 1.82) is 0 Å². The predicted octanol–water partition coefficient (Wildman–Crippen LogP) is 2.24. The molecule has 0 aromatic heterocycles. The third-order valence-corrected chi connectivity index (χ3v) is 3.96. The first kappa shape index (κ1) is 15.9. The Bertz CT molecular complexity index is 519. The number of amides is 1. The Balaban J connectivity index is 2.21. The first-order valence-electron chi connectivity index (χ1n) is 7.29. The zero-order chi connectivity index (χ0) is 15.6. The van der Waals surface area contributed by atoms with Crippen molar-refractivity contribution in [3.8, 4) is 0 Å². The van der Waals surface area contributed by atoms with Crippen LogP contribution >= 0.6 is 0 Å². The molecule has 1 saturated heterocycles. The molecule has 1 fully saturated rings. The van der Waals surface area contributed by atoms with Gasteiger partial charge in [0.05, 0.1) is 24.7 Å². The lowest BCUT2D eigenvalue weighted by Gasteiger charge is -2.46. The highest BCUT2D eigenvalue weighted by Crippen LogP contribution is 2.31. The van der Waals surface area contributed by atoms with Crippen molar-refractivity contribution < 1.29 is 13.9 Å². The van der Waals surface area contributed by atoms with E-state index in [1.807, 2.05) is 26.8 Å². The van der Waals surface area contributed by atoms with Crippen molar-refractivity contribution in [3.05, 3.63) is 35.6 Å². The van der Waals surface area contributed by atoms with E-state index < -0.39 is 11.6 Å². The minimum absolute atomic E-state index is 0.0767. The fraction of sp³-hybridized carbons (Fsp3) is 0.562. The number of ether oxygens (including phenoxy) is 1. The first-order chi connectivity index (χ1) is 9.85. The molecule has 0 saturated carbocycles. The fourth-order valence-electron chi connectivity index (χ4n) is 2.52. The average molecular weight is 294 g/mol. The van der Waals surface area contributed by atoms with Crippen LogP contribution in [0.15, 0.2) is 24.3 Å². The van der Waals surface area contributed by atoms with Crippen LogP contribution in [0.3, 0.4) is 0 Å². The maximum absolute atomic E-state index is 13.4. The molecule has 1 heterocycles. The molecule has 1 amide bonds. The molecule has 116 valence electrons. The van der Waals surface area contributed by atoms with E-state index in [1.165, 1.54) is 12.1 Å². The van der Waals surface area contributed by atoms with Crippen LogP contribution in [0.4, 0.5) is 4.39 Å². The van der Waals surface area contributed by atoms with Crippen molar-refractivity contribution in [2.75, 3.05) is 13.2 Å². The molecule has 4 nitrogen and oxygen atoms in total. The van der Waals surface area contributed by atoms with Crippen LogP contribution in [0.2, 0.25) is 0 Å². The summed E-state index contributed by atoms with van der Waals surface area (Å²) in [5.74, 6) is -0.378. The van der Waals surface area contributed by atoms with Gasteiger partial charge in [0.25, 0.3) is 0 Å². The minimum Gasteiger partial charge on any atom is -0.369 e. The second-order valence-corrected chi connectivity index (χ2v) is 6.13. The number of carbonyl (C=O) groups excluding carboxylic acids is 1. The highest BCUT2D eigenvalue weighted by atomic mass is 19.1. The molecule has 1 aromatic rings. The van der Waals surface area contributed by atoms with Gasteiger partial charge in [-0.1, -0.05) is 19.1 Å². The maximum Gasteiger partial charge on any atom is 0.240 e. The lowest BCUT2D eigenvalue weighted by Crippen LogP contribution is -2.59. The molecule has 1 aliphatic rings. The van der Waals surface area contributed by atoms with Gasteiger partial charge in [0.2, 0.25) is 5.91 Å². The molecule has 1 unspecified atom stereocenters. The Labute approximate surface area is 125 Å². The highest BCUT2D eigenvalue weighted by Gasteiger charge is 2.39. The summed E-state index contributed by atoms with van der Waals surface area (Å²) < 4.78 is 19.2. The number of rotatable bonds is 3. The quantitative estimate of drug-likeness (QED) is 0.930. The normalized spacial score (nSPS) is 22.9. The van der Waals surface area contributed by atoms with Crippen molar-refractivity contribution in [2.45, 2.75) is 44.9 Å². The molecule has 2 rings (SSSR count). The van der Waals surface area contributed by atoms with Crippen LogP contribution in [-0.4, -0.2) is 35.5 Å². The molecule has 1 aromatic carbocycles. The van der Waals surface area contributed by atoms with E-state index in [-0.39, 0.29) is 17.8 Å². The van der Waals surface area contributed by atoms with Crippen LogP contribution in [0.25, 0.3) is 0 Å². The number of benzene rings is 1. The minimum atomic E-state index is -0.504. The van der Waals surface area contributed by atoms with Crippen LogP contribution in [0.5, 0.6) is 0 Å². The van der Waals surface area contributed by atoms with Gasteiger partial charge in [-0.3, -0.25) is 4.79 Å². The Morgan fingerprint density at radius 3 is 2.90 bits per heavy atom. The smallest absolute Gasteiger partial charge is 0.240 e. The summed E-state index contributed by atoms with van der Waals surface area (Å²) in [5, 5.41) is 0. The first-order valence-corrected chi connectivity index (χ1v) is 7.29. The molecule has 0 bridgehead atoms. The van der Waals surface area contributed by atoms with Crippen molar-refractivity contribution >= 4 is 5.91 Å². The summed E-state index contributed by atoms with van der Waals surface area (Å²) >= 11 is 0. The summed E-state index contributed by atoms with van der Waals surface area (Å²) in [6.45, 7) is 6.59. The van der Waals surface area contributed by atoms with Gasteiger partial charge in [-0.15, -0.1) is 0 Å². The molecular formula is C16H23FN2O2. The highest BCUT2D eigenvalue weighted by molar-refractivity contribution is 5.82. The number of hydrogen-bond acceptors (Lipinski definition) is 3. The predicted molar refractivity (Wildman–Crippen MR) is 79.2 cm³/mol. The van der Waals surface area contributed by atoms with Crippen LogP contribution in [0, 0.1) is 5.82 Å². The van der Waals surface area contributed by atoms with E-state index in [2.05, 4.69) is 0 Å². The molecular weight excluding hydrogens is 271 g/mol. The summed E-state index contributed by atoms with van der Waals surface area (Å²) in [6.07, 6.45) is 0.276. The third-order valence-electron chi connectivity index (χ3n) is 3.96. The van der Waals surface area contributed by atoms with Crippen molar-refractivity contribution in [3.63, 3.8) is 0 Å². The number of carbonyl (C=O) groups is 1. The molecule has 2 atom stereocenters. The van der Waals surface area contributed by atoms with Gasteiger partial charge in [0.1, 0.15) is 11.9 Å². The third kappa shape index (κ3) is 3.41. The average Bonchev–Trinajstić information content (AvgIpc) is 2.45. The van der Waals surface area contributed by atoms with E-state index in [0.717, 1.165) is 5.56 Å². The number of nitrogens with two attached hydrogens (primary N) is 1. The lowest BCUT2D eigenvalue weighted by atomic mass is 9.96. The second-order valence-electron chi connectivity index (χ2n) is 6.13. The van der Waals surface area contributed by atoms with Gasteiger partial charge in [0.15, 0.2) is 0 Å². The topological polar surface area (TPSA) is 55.6 Å². The number of morpholine rings is 1. The Kier molecular flexibility index (Phi) is 4.64. The van der Waals surface area contributed by atoms with Gasteiger partial charge < -0.3 is 15.4 Å². The van der Waals surface area contributed by atoms with Crippen LogP contribution < -0.4 is 5.73 Å². The van der Waals surface area contributed by atoms with Gasteiger partial charge in [-0.2, -0.15) is 0 Å². The van der Waals surface area contributed by atoms with Crippen LogP contribution in [0.1, 0.15) is 38.9 Å². The largest absolute Gasteiger partial charge is 0.369 e. The number of halogens is 1. The Hall–Kier alpha value is -1.46. The van der Waals surface area contributed by atoms with Crippen molar-refractivity contribution in [1.82, 2.24) is 4.90 Å². The summed E-state index contributed by atoms with van der Waals surface area (Å²) in [4.78, 5) is 14.2. The molecule has 5 heteroatoms. The van der Waals surface area contributed by atoms with E-state index in [1.54, 1.807) is 11.0 Å². The molecule has 2 N–H and O–H groups in total. The van der Waals surface area contributed by atoms with E-state index in [0.29, 0.717) is 19.6 Å². The molecule has 0 spiro atoms. The van der Waals surface area contributed by atoms with E-state index in [9.17, 15) is 9.18 Å². The van der Waals surface area contributed by atoms with Crippen molar-refractivity contribution in [2.24, 2.45) is 5.73 Å². The van der Waals surface area contributed by atoms with Gasteiger partial charge >= 0.3 is 0 Å². The number of nitrogens with zero attached hydrogens (tertiary/aromatic N) is 1. The monoisotopic (exact) mass is 294 g/mol. The summed E-state index contributed by atoms with van der Waals surface area (Å²) in [7, 11) is 0. The van der Waals surface area contributed by atoms with Gasteiger partial charge in [-0.05, 0) is 38.0 Å². The molecule has 0 aliphatic carbocycles. The molecule has 21 heavy (non-hydrogen) atoms. The van der Waals surface area contributed by atoms with Gasteiger partial charge in [-0.25, -0.2) is 4.39 Å². The van der Waals surface area contributed by atoms with E-state index >= 15 is 0 Å². The zero-order valence-corrected chi connectivity index (χ0v) is 12.8. The molecule has 1 aliphatic heterocycles. The number of hydrogen-bond donors (Lipinski definition) is 1. The molecule has 0 radical (unpaired) electrons. The zero-order valence-electron chi connectivity index (χ0n) is 12.8. The summed E-state index contributed by atoms with van der Waals surface area (Å²) in [5.41, 5.74) is 6.22.